The standard InChI is InChI=1S/C20H18BrFN4O2/c21-16-10-13(22)6-7-17(16)28-20-15(4-3-8-23-20)19(27)24-11-14-12-26-9-2-1-5-18(26)25-14/h3-4,6-8,10,12H,1-2,5,9,11H2,(H,24,27). The fourth-order valence-electron chi connectivity index (χ4n) is 3.13. The van der Waals surface area contributed by atoms with Crippen LogP contribution in [0.2, 0.25) is 0 Å². The van der Waals surface area contributed by atoms with Gasteiger partial charge in [0.05, 0.1) is 16.7 Å². The van der Waals surface area contributed by atoms with E-state index in [0.29, 0.717) is 22.3 Å². The monoisotopic (exact) mass is 444 g/mol. The molecule has 6 nitrogen and oxygen atoms in total. The molecular formula is C20H18BrFN4O2. The normalized spacial score (nSPS) is 13.1. The molecule has 0 spiro atoms. The topological polar surface area (TPSA) is 69.0 Å². The van der Waals surface area contributed by atoms with E-state index in [-0.39, 0.29) is 17.6 Å². The number of nitrogens with zero attached hydrogens (tertiary/aromatic N) is 3. The average molecular weight is 445 g/mol. The quantitative estimate of drug-likeness (QED) is 0.638. The van der Waals surface area contributed by atoms with Crippen LogP contribution in [0.15, 0.2) is 47.2 Å². The number of rotatable bonds is 5. The summed E-state index contributed by atoms with van der Waals surface area (Å²) < 4.78 is 21.6. The lowest BCUT2D eigenvalue weighted by Gasteiger charge is -2.11. The Kier molecular flexibility index (Phi) is 5.38. The summed E-state index contributed by atoms with van der Waals surface area (Å²) >= 11 is 3.25. The van der Waals surface area contributed by atoms with Crippen LogP contribution in [-0.2, 0) is 19.5 Å². The first-order valence-electron chi connectivity index (χ1n) is 9.01. The predicted octanol–water partition coefficient (Wildman–Crippen LogP) is 4.24. The van der Waals surface area contributed by atoms with E-state index >= 15 is 0 Å². The lowest BCUT2D eigenvalue weighted by atomic mass is 10.2. The molecule has 1 N–H and O–H groups in total. The van der Waals surface area contributed by atoms with Crippen molar-refractivity contribution in [1.82, 2.24) is 19.9 Å². The van der Waals surface area contributed by atoms with Crippen LogP contribution in [-0.4, -0.2) is 20.4 Å². The van der Waals surface area contributed by atoms with Gasteiger partial charge in [-0.05, 0) is 59.1 Å². The minimum atomic E-state index is -0.388. The number of aromatic nitrogens is 3. The van der Waals surface area contributed by atoms with E-state index in [1.54, 1.807) is 12.1 Å². The number of pyridine rings is 1. The van der Waals surface area contributed by atoms with Gasteiger partial charge >= 0.3 is 0 Å². The van der Waals surface area contributed by atoms with Crippen molar-refractivity contribution in [3.05, 3.63) is 70.1 Å². The number of hydrogen-bond acceptors (Lipinski definition) is 4. The van der Waals surface area contributed by atoms with Crippen molar-refractivity contribution >= 4 is 21.8 Å². The van der Waals surface area contributed by atoms with Gasteiger partial charge in [-0.25, -0.2) is 14.4 Å². The Morgan fingerprint density at radius 1 is 1.32 bits per heavy atom. The summed E-state index contributed by atoms with van der Waals surface area (Å²) in [6, 6.07) is 7.34. The Morgan fingerprint density at radius 2 is 2.21 bits per heavy atom. The summed E-state index contributed by atoms with van der Waals surface area (Å²) in [4.78, 5) is 21.4. The van der Waals surface area contributed by atoms with Crippen LogP contribution in [0, 0.1) is 5.82 Å². The molecule has 0 bridgehead atoms. The van der Waals surface area contributed by atoms with Crippen molar-refractivity contribution in [3.63, 3.8) is 0 Å². The summed E-state index contributed by atoms with van der Waals surface area (Å²) in [6.07, 6.45) is 6.81. The van der Waals surface area contributed by atoms with Gasteiger partial charge in [0.1, 0.15) is 23.0 Å². The zero-order chi connectivity index (χ0) is 19.5. The van der Waals surface area contributed by atoms with Crippen LogP contribution in [0.3, 0.4) is 0 Å². The number of imidazole rings is 1. The molecule has 1 amide bonds. The van der Waals surface area contributed by atoms with Crippen molar-refractivity contribution in [2.45, 2.75) is 32.4 Å². The van der Waals surface area contributed by atoms with Gasteiger partial charge < -0.3 is 14.6 Å². The number of amides is 1. The number of halogens is 2. The first-order chi connectivity index (χ1) is 13.6. The number of ether oxygens (including phenoxy) is 1. The first kappa shape index (κ1) is 18.6. The van der Waals surface area contributed by atoms with E-state index in [1.807, 2.05) is 6.20 Å². The number of nitrogens with one attached hydrogen (secondary N) is 1. The van der Waals surface area contributed by atoms with Crippen molar-refractivity contribution in [2.75, 3.05) is 0 Å². The van der Waals surface area contributed by atoms with Crippen molar-refractivity contribution in [1.29, 1.82) is 0 Å². The minimum absolute atomic E-state index is 0.149. The molecule has 4 rings (SSSR count). The van der Waals surface area contributed by atoms with Gasteiger partial charge in [-0.1, -0.05) is 0 Å². The van der Waals surface area contributed by atoms with E-state index in [2.05, 4.69) is 35.8 Å². The zero-order valence-corrected chi connectivity index (χ0v) is 16.6. The highest BCUT2D eigenvalue weighted by molar-refractivity contribution is 9.10. The molecule has 1 aliphatic heterocycles. The van der Waals surface area contributed by atoms with Crippen molar-refractivity contribution in [2.24, 2.45) is 0 Å². The number of fused-ring (bicyclic) bond motifs is 1. The molecule has 1 aliphatic rings. The zero-order valence-electron chi connectivity index (χ0n) is 15.0. The number of carbonyl (C=O) groups excluding carboxylic acids is 1. The third-order valence-electron chi connectivity index (χ3n) is 4.50. The molecule has 0 radical (unpaired) electrons. The third kappa shape index (κ3) is 4.06. The Bertz CT molecular complexity index is 998. The molecule has 0 unspecified atom stereocenters. The Hall–Kier alpha value is -2.74. The fourth-order valence-corrected chi connectivity index (χ4v) is 3.56. The summed E-state index contributed by atoms with van der Waals surface area (Å²) in [5.41, 5.74) is 1.13. The molecule has 1 aromatic carbocycles. The maximum Gasteiger partial charge on any atom is 0.257 e. The van der Waals surface area contributed by atoms with Gasteiger partial charge in [-0.2, -0.15) is 0 Å². The van der Waals surface area contributed by atoms with Gasteiger partial charge in [0.25, 0.3) is 5.91 Å². The Labute approximate surface area is 169 Å². The Morgan fingerprint density at radius 3 is 3.04 bits per heavy atom. The fraction of sp³-hybridized carbons (Fsp3) is 0.250. The largest absolute Gasteiger partial charge is 0.437 e. The molecular weight excluding hydrogens is 427 g/mol. The van der Waals surface area contributed by atoms with Gasteiger partial charge in [0.15, 0.2) is 0 Å². The third-order valence-corrected chi connectivity index (χ3v) is 5.12. The molecule has 0 fully saturated rings. The van der Waals surface area contributed by atoms with E-state index in [0.717, 1.165) is 37.3 Å². The van der Waals surface area contributed by atoms with E-state index in [4.69, 9.17) is 4.74 Å². The van der Waals surface area contributed by atoms with Crippen molar-refractivity contribution < 1.29 is 13.9 Å². The smallest absolute Gasteiger partial charge is 0.257 e. The van der Waals surface area contributed by atoms with Gasteiger partial charge in [-0.15, -0.1) is 0 Å². The maximum atomic E-state index is 13.3. The predicted molar refractivity (Wildman–Crippen MR) is 105 cm³/mol. The number of carbonyl (C=O) groups is 1. The van der Waals surface area contributed by atoms with Crippen LogP contribution < -0.4 is 10.1 Å². The lowest BCUT2D eigenvalue weighted by Crippen LogP contribution is -2.23. The maximum absolute atomic E-state index is 13.3. The summed E-state index contributed by atoms with van der Waals surface area (Å²) in [5.74, 6) is 0.891. The average Bonchev–Trinajstić information content (AvgIpc) is 3.12. The summed E-state index contributed by atoms with van der Waals surface area (Å²) in [6.45, 7) is 1.30. The van der Waals surface area contributed by atoms with E-state index in [9.17, 15) is 9.18 Å². The van der Waals surface area contributed by atoms with Crippen molar-refractivity contribution in [3.8, 4) is 11.6 Å². The highest BCUT2D eigenvalue weighted by atomic mass is 79.9. The molecule has 0 saturated heterocycles. The highest BCUT2D eigenvalue weighted by Crippen LogP contribution is 2.30. The second-order valence-corrected chi connectivity index (χ2v) is 7.37. The van der Waals surface area contributed by atoms with Crippen LogP contribution in [0.5, 0.6) is 11.6 Å². The van der Waals surface area contributed by atoms with Crippen LogP contribution in [0.1, 0.15) is 34.7 Å². The van der Waals surface area contributed by atoms with Crippen LogP contribution in [0.4, 0.5) is 4.39 Å². The second kappa shape index (κ2) is 8.10. The summed E-state index contributed by atoms with van der Waals surface area (Å²) in [5, 5.41) is 2.87. The molecule has 2 aromatic heterocycles. The number of hydrogen-bond donors (Lipinski definition) is 1. The molecule has 3 aromatic rings. The van der Waals surface area contributed by atoms with E-state index < -0.39 is 0 Å². The minimum Gasteiger partial charge on any atom is -0.437 e. The van der Waals surface area contributed by atoms with Crippen LogP contribution >= 0.6 is 15.9 Å². The van der Waals surface area contributed by atoms with Crippen LogP contribution in [0.25, 0.3) is 0 Å². The van der Waals surface area contributed by atoms with Gasteiger partial charge in [0.2, 0.25) is 5.88 Å². The molecule has 8 heteroatoms. The lowest BCUT2D eigenvalue weighted by molar-refractivity contribution is 0.0947. The first-order valence-corrected chi connectivity index (χ1v) is 9.80. The SMILES string of the molecule is O=C(NCc1cn2c(n1)CCCC2)c1cccnc1Oc1ccc(F)cc1Br. The molecule has 0 saturated carbocycles. The molecule has 0 aliphatic carbocycles. The molecule has 0 atom stereocenters. The Balaban J connectivity index is 1.48. The second-order valence-electron chi connectivity index (χ2n) is 6.51. The highest BCUT2D eigenvalue weighted by Gasteiger charge is 2.17. The van der Waals surface area contributed by atoms with Gasteiger partial charge in [-0.3, -0.25) is 4.79 Å². The summed E-state index contributed by atoms with van der Waals surface area (Å²) in [7, 11) is 0. The molecule has 144 valence electrons. The molecule has 28 heavy (non-hydrogen) atoms. The number of aryl methyl sites for hydroxylation is 2. The number of benzene rings is 1. The van der Waals surface area contributed by atoms with E-state index in [1.165, 1.54) is 24.4 Å². The van der Waals surface area contributed by atoms with Gasteiger partial charge in [0, 0.05) is 25.4 Å². The molecule has 3 heterocycles.